The van der Waals surface area contributed by atoms with Crippen LogP contribution in [0, 0.1) is 0 Å². The van der Waals surface area contributed by atoms with Gasteiger partial charge in [-0.25, -0.2) is 10.0 Å². The number of Topliss-reactive ketones (excluding diaryl/α,β-unsaturated/α-hetero) is 2. The molecule has 8 heteroatoms. The first-order valence-electron chi connectivity index (χ1n) is 17.2. The van der Waals surface area contributed by atoms with Crippen LogP contribution in [0.1, 0.15) is 43.7 Å². The topological polar surface area (TPSA) is 83.8 Å². The van der Waals surface area contributed by atoms with Crippen molar-refractivity contribution in [3.63, 3.8) is 0 Å². The third-order valence-electron chi connectivity index (χ3n) is 10.3. The lowest BCUT2D eigenvalue weighted by molar-refractivity contribution is 0.0539. The summed E-state index contributed by atoms with van der Waals surface area (Å²) in [4.78, 5) is 30.1. The Kier molecular flexibility index (Phi) is 6.57. The lowest BCUT2D eigenvalue weighted by Crippen LogP contribution is -2.58. The van der Waals surface area contributed by atoms with E-state index in [4.69, 9.17) is 19.7 Å². The fourth-order valence-corrected chi connectivity index (χ4v) is 8.15. The third-order valence-corrected chi connectivity index (χ3v) is 10.3. The van der Waals surface area contributed by atoms with Crippen LogP contribution in [-0.4, -0.2) is 34.4 Å². The number of carbonyl (C=O) groups excluding carboxylic acids is 2. The van der Waals surface area contributed by atoms with E-state index >= 15 is 9.59 Å². The van der Waals surface area contributed by atoms with Crippen molar-refractivity contribution in [3.05, 3.63) is 192 Å². The van der Waals surface area contributed by atoms with Crippen LogP contribution in [0.5, 0.6) is 11.5 Å². The van der Waals surface area contributed by atoms with Crippen LogP contribution in [-0.2, 0) is 0 Å². The molecule has 4 unspecified atom stereocenters. The first-order valence-corrected chi connectivity index (χ1v) is 17.2. The standard InChI is InChI=1S/C44H30N4O4/c49-41-33-25-13-15-27-35(33)51-43(41)37(29-17-5-1-6-18-29)39(45-47(43)31-21-9-3-10-22-31)40-38(30-19-7-2-8-20-30)44(48(46-40)32-23-11-4-12-24-32)42(50)34-26-14-16-28-36(34)52-44/h1-28,37-38H. The van der Waals surface area contributed by atoms with Crippen LogP contribution in [0.2, 0.25) is 0 Å². The van der Waals surface area contributed by atoms with Crippen LogP contribution in [0.25, 0.3) is 0 Å². The van der Waals surface area contributed by atoms with Crippen molar-refractivity contribution in [2.45, 2.75) is 23.3 Å². The molecule has 52 heavy (non-hydrogen) atoms. The number of ether oxygens (including phenoxy) is 2. The summed E-state index contributed by atoms with van der Waals surface area (Å²) >= 11 is 0. The van der Waals surface area contributed by atoms with Crippen molar-refractivity contribution >= 4 is 34.4 Å². The molecule has 0 amide bonds. The number of ketones is 2. The number of hydrogen-bond acceptors (Lipinski definition) is 8. The smallest absolute Gasteiger partial charge is 0.278 e. The Morgan fingerprint density at radius 1 is 0.423 bits per heavy atom. The van der Waals surface area contributed by atoms with E-state index in [-0.39, 0.29) is 11.6 Å². The quantitative estimate of drug-likeness (QED) is 0.183. The monoisotopic (exact) mass is 678 g/mol. The summed E-state index contributed by atoms with van der Waals surface area (Å²) in [5, 5.41) is 14.2. The zero-order chi connectivity index (χ0) is 34.9. The molecule has 0 saturated heterocycles. The lowest BCUT2D eigenvalue weighted by atomic mass is 9.74. The fourth-order valence-electron chi connectivity index (χ4n) is 8.15. The van der Waals surface area contributed by atoms with Gasteiger partial charge in [0.2, 0.25) is 11.6 Å². The number of hydrazone groups is 2. The molecule has 4 heterocycles. The van der Waals surface area contributed by atoms with E-state index in [1.54, 1.807) is 22.2 Å². The Hall–Kier alpha value is -6.80. The molecule has 0 aliphatic carbocycles. The Morgan fingerprint density at radius 2 is 0.750 bits per heavy atom. The van der Waals surface area contributed by atoms with Gasteiger partial charge in [0, 0.05) is 0 Å². The third kappa shape index (κ3) is 4.09. The molecule has 8 nitrogen and oxygen atoms in total. The maximum absolute atomic E-state index is 15.1. The summed E-state index contributed by atoms with van der Waals surface area (Å²) in [6.45, 7) is 0. The summed E-state index contributed by atoms with van der Waals surface area (Å²) in [7, 11) is 0. The molecular weight excluding hydrogens is 649 g/mol. The largest absolute Gasteiger partial charge is 0.456 e. The van der Waals surface area contributed by atoms with E-state index in [9.17, 15) is 0 Å². The van der Waals surface area contributed by atoms with Crippen LogP contribution in [0.15, 0.2) is 180 Å². The van der Waals surface area contributed by atoms with E-state index in [0.29, 0.717) is 45.4 Å². The fraction of sp³-hybridized carbons (Fsp3) is 0.0909. The van der Waals surface area contributed by atoms with E-state index in [2.05, 4.69) is 0 Å². The van der Waals surface area contributed by atoms with Crippen molar-refractivity contribution < 1.29 is 19.1 Å². The first kappa shape index (κ1) is 30.1. The Balaban J connectivity index is 1.27. The van der Waals surface area contributed by atoms with Crippen LogP contribution in [0.4, 0.5) is 11.4 Å². The molecule has 4 atom stereocenters. The van der Waals surface area contributed by atoms with Gasteiger partial charge in [0.15, 0.2) is 0 Å². The van der Waals surface area contributed by atoms with E-state index in [1.165, 1.54) is 0 Å². The zero-order valence-electron chi connectivity index (χ0n) is 27.7. The van der Waals surface area contributed by atoms with Gasteiger partial charge in [-0.1, -0.05) is 121 Å². The van der Waals surface area contributed by atoms with Crippen LogP contribution < -0.4 is 19.5 Å². The Morgan fingerprint density at radius 3 is 1.12 bits per heavy atom. The van der Waals surface area contributed by atoms with E-state index in [1.807, 2.05) is 158 Å². The van der Waals surface area contributed by atoms with Crippen molar-refractivity contribution in [1.29, 1.82) is 0 Å². The van der Waals surface area contributed by atoms with Gasteiger partial charge in [-0.2, -0.15) is 10.2 Å². The highest BCUT2D eigenvalue weighted by atomic mass is 16.5. The predicted molar refractivity (Wildman–Crippen MR) is 199 cm³/mol. The summed E-state index contributed by atoms with van der Waals surface area (Å²) in [5.41, 5.74) is 1.63. The van der Waals surface area contributed by atoms with Crippen molar-refractivity contribution in [2.75, 3.05) is 10.0 Å². The van der Waals surface area contributed by atoms with Crippen LogP contribution >= 0.6 is 0 Å². The second-order valence-electron chi connectivity index (χ2n) is 13.2. The Bertz CT molecular complexity index is 2260. The van der Waals surface area contributed by atoms with Gasteiger partial charge in [0.25, 0.3) is 11.4 Å². The molecule has 0 radical (unpaired) electrons. The van der Waals surface area contributed by atoms with Gasteiger partial charge < -0.3 is 9.47 Å². The molecular formula is C44H30N4O4. The molecule has 2 spiro atoms. The lowest BCUT2D eigenvalue weighted by Gasteiger charge is -2.37. The van der Waals surface area contributed by atoms with Crippen molar-refractivity contribution in [2.24, 2.45) is 10.2 Å². The first-order chi connectivity index (χ1) is 25.6. The molecule has 0 bridgehead atoms. The minimum absolute atomic E-state index is 0.218. The normalized spacial score (nSPS) is 24.1. The molecule has 0 N–H and O–H groups in total. The molecule has 10 rings (SSSR count). The summed E-state index contributed by atoms with van der Waals surface area (Å²) < 4.78 is 13.9. The predicted octanol–water partition coefficient (Wildman–Crippen LogP) is 8.25. The molecule has 6 aromatic carbocycles. The average molecular weight is 679 g/mol. The van der Waals surface area contributed by atoms with Gasteiger partial charge in [0.05, 0.1) is 45.8 Å². The van der Waals surface area contributed by atoms with Crippen molar-refractivity contribution in [3.8, 4) is 11.5 Å². The molecule has 0 fully saturated rings. The molecule has 4 aliphatic rings. The molecule has 4 aliphatic heterocycles. The second-order valence-corrected chi connectivity index (χ2v) is 13.2. The molecule has 0 aromatic heterocycles. The Labute approximate surface area is 299 Å². The van der Waals surface area contributed by atoms with Crippen LogP contribution in [0.3, 0.4) is 0 Å². The van der Waals surface area contributed by atoms with Gasteiger partial charge in [0.1, 0.15) is 11.5 Å². The SMILES string of the molecule is O=C1c2ccccc2OC12C(c1ccccc1)C(C1=NN(c3ccccc3)C3(Oc4ccccc4C3=O)C1c1ccccc1)=NN2c1ccccc1. The maximum atomic E-state index is 15.1. The minimum atomic E-state index is -1.64. The highest BCUT2D eigenvalue weighted by Gasteiger charge is 2.69. The summed E-state index contributed by atoms with van der Waals surface area (Å²) in [5.74, 6) is -1.03. The number of rotatable bonds is 5. The summed E-state index contributed by atoms with van der Waals surface area (Å²) in [6, 6.07) is 53.4. The number of anilines is 2. The number of nitrogens with zero attached hydrogens (tertiary/aromatic N) is 4. The van der Waals surface area contributed by atoms with Gasteiger partial charge in [-0.3, -0.25) is 9.59 Å². The zero-order valence-corrected chi connectivity index (χ0v) is 27.7. The van der Waals surface area contributed by atoms with Gasteiger partial charge >= 0.3 is 0 Å². The minimum Gasteiger partial charge on any atom is -0.456 e. The van der Waals surface area contributed by atoms with Crippen molar-refractivity contribution in [1.82, 2.24) is 0 Å². The number of benzene rings is 6. The second kappa shape index (κ2) is 11.4. The highest BCUT2D eigenvalue weighted by molar-refractivity contribution is 6.50. The molecule has 0 saturated carbocycles. The number of carbonyl (C=O) groups is 2. The van der Waals surface area contributed by atoms with Gasteiger partial charge in [-0.15, -0.1) is 0 Å². The summed E-state index contributed by atoms with van der Waals surface area (Å²) in [6.07, 6.45) is 0. The van der Waals surface area contributed by atoms with Gasteiger partial charge in [-0.05, 0) is 59.7 Å². The van der Waals surface area contributed by atoms with E-state index in [0.717, 1.165) is 11.1 Å². The van der Waals surface area contributed by atoms with E-state index < -0.39 is 23.3 Å². The highest BCUT2D eigenvalue weighted by Crippen LogP contribution is 2.56. The number of para-hydroxylation sites is 4. The molecule has 6 aromatic rings. The maximum Gasteiger partial charge on any atom is 0.278 e. The molecule has 250 valence electrons. The average Bonchev–Trinajstić information content (AvgIpc) is 3.91. The number of fused-ring (bicyclic) bond motifs is 2. The number of hydrogen-bond donors (Lipinski definition) is 0.